The molecule has 0 radical (unpaired) electrons. The van der Waals surface area contributed by atoms with Crippen molar-refractivity contribution in [3.8, 4) is 17.2 Å². The second-order valence-corrected chi connectivity index (χ2v) is 8.31. The standard InChI is InChI=1S/C19H22N2O8S/c1-21(2)30(25,26)13-6-8-17(28-4)15(10-13)20-18(23)11-29-19(24)14-7-5-12(27-3)9-16(14)22/h5-10,22H,11H2,1-4H3,(H,20,23). The lowest BCUT2D eigenvalue weighted by Crippen LogP contribution is -2.23. The number of hydrogen-bond acceptors (Lipinski definition) is 8. The van der Waals surface area contributed by atoms with E-state index in [4.69, 9.17) is 14.2 Å². The summed E-state index contributed by atoms with van der Waals surface area (Å²) in [4.78, 5) is 24.3. The van der Waals surface area contributed by atoms with Crippen LogP contribution in [0.3, 0.4) is 0 Å². The zero-order valence-electron chi connectivity index (χ0n) is 16.8. The molecule has 0 heterocycles. The fourth-order valence-electron chi connectivity index (χ4n) is 2.36. The fraction of sp³-hybridized carbons (Fsp3) is 0.263. The average molecular weight is 438 g/mol. The molecule has 2 rings (SSSR count). The normalized spacial score (nSPS) is 11.1. The van der Waals surface area contributed by atoms with Crippen molar-refractivity contribution in [3.05, 3.63) is 42.0 Å². The number of benzene rings is 2. The van der Waals surface area contributed by atoms with Gasteiger partial charge in [0.1, 0.15) is 22.8 Å². The van der Waals surface area contributed by atoms with Gasteiger partial charge in [-0.15, -0.1) is 0 Å². The first-order chi connectivity index (χ1) is 14.1. The molecule has 0 aliphatic rings. The molecule has 0 aromatic heterocycles. The summed E-state index contributed by atoms with van der Waals surface area (Å²) in [5.74, 6) is -1.43. The summed E-state index contributed by atoms with van der Waals surface area (Å²) in [5.41, 5.74) is -0.0472. The second-order valence-electron chi connectivity index (χ2n) is 6.16. The molecule has 10 nitrogen and oxygen atoms in total. The summed E-state index contributed by atoms with van der Waals surface area (Å²) in [6.07, 6.45) is 0. The number of nitrogens with zero attached hydrogens (tertiary/aromatic N) is 1. The van der Waals surface area contributed by atoms with Gasteiger partial charge >= 0.3 is 5.97 Å². The van der Waals surface area contributed by atoms with Crippen LogP contribution in [0.1, 0.15) is 10.4 Å². The first-order valence-corrected chi connectivity index (χ1v) is 9.98. The quantitative estimate of drug-likeness (QED) is 0.592. The molecule has 0 atom stereocenters. The largest absolute Gasteiger partial charge is 0.507 e. The van der Waals surface area contributed by atoms with E-state index in [2.05, 4.69) is 5.32 Å². The Morgan fingerprint density at radius 2 is 1.77 bits per heavy atom. The molecule has 1 amide bonds. The van der Waals surface area contributed by atoms with E-state index in [1.165, 1.54) is 64.7 Å². The Morgan fingerprint density at radius 1 is 1.07 bits per heavy atom. The summed E-state index contributed by atoms with van der Waals surface area (Å²) in [7, 11) is 1.80. The van der Waals surface area contributed by atoms with Crippen LogP contribution in [-0.2, 0) is 19.6 Å². The Labute approximate surface area is 174 Å². The van der Waals surface area contributed by atoms with Crippen molar-refractivity contribution >= 4 is 27.6 Å². The number of phenols is 1. The summed E-state index contributed by atoms with van der Waals surface area (Å²) in [6.45, 7) is -0.669. The van der Waals surface area contributed by atoms with Crippen LogP contribution in [0, 0.1) is 0 Å². The van der Waals surface area contributed by atoms with Gasteiger partial charge in [0.05, 0.1) is 24.8 Å². The van der Waals surface area contributed by atoms with Crippen LogP contribution in [-0.4, -0.2) is 64.6 Å². The lowest BCUT2D eigenvalue weighted by atomic mass is 10.2. The molecule has 2 N–H and O–H groups in total. The van der Waals surface area contributed by atoms with Gasteiger partial charge in [0.2, 0.25) is 10.0 Å². The van der Waals surface area contributed by atoms with Crippen LogP contribution in [0.5, 0.6) is 17.2 Å². The Morgan fingerprint density at radius 3 is 2.33 bits per heavy atom. The third kappa shape index (κ3) is 5.19. The molecule has 30 heavy (non-hydrogen) atoms. The number of aromatic hydroxyl groups is 1. The van der Waals surface area contributed by atoms with Gasteiger partial charge in [0.25, 0.3) is 5.91 Å². The number of amides is 1. The van der Waals surface area contributed by atoms with E-state index in [1.54, 1.807) is 0 Å². The lowest BCUT2D eigenvalue weighted by Gasteiger charge is -2.15. The monoisotopic (exact) mass is 438 g/mol. The van der Waals surface area contributed by atoms with Crippen LogP contribution < -0.4 is 14.8 Å². The minimum Gasteiger partial charge on any atom is -0.507 e. The zero-order chi connectivity index (χ0) is 22.5. The summed E-state index contributed by atoms with van der Waals surface area (Å²) >= 11 is 0. The number of rotatable bonds is 8. The predicted octanol–water partition coefficient (Wildman–Crippen LogP) is 1.46. The molecule has 2 aromatic carbocycles. The first-order valence-electron chi connectivity index (χ1n) is 8.54. The number of carbonyl (C=O) groups excluding carboxylic acids is 2. The average Bonchev–Trinajstić information content (AvgIpc) is 2.71. The highest BCUT2D eigenvalue weighted by Gasteiger charge is 2.20. The smallest absolute Gasteiger partial charge is 0.342 e. The van der Waals surface area contributed by atoms with Crippen molar-refractivity contribution in [1.29, 1.82) is 0 Å². The van der Waals surface area contributed by atoms with Gasteiger partial charge in [-0.2, -0.15) is 0 Å². The Bertz CT molecular complexity index is 1050. The van der Waals surface area contributed by atoms with E-state index in [0.717, 1.165) is 4.31 Å². The maximum atomic E-state index is 12.3. The van der Waals surface area contributed by atoms with Crippen LogP contribution in [0.15, 0.2) is 41.3 Å². The molecule has 0 unspecified atom stereocenters. The van der Waals surface area contributed by atoms with E-state index in [0.29, 0.717) is 5.75 Å². The molecular weight excluding hydrogens is 416 g/mol. The number of esters is 1. The van der Waals surface area contributed by atoms with Crippen molar-refractivity contribution < 1.29 is 37.3 Å². The topological polar surface area (TPSA) is 131 Å². The van der Waals surface area contributed by atoms with Crippen molar-refractivity contribution in [1.82, 2.24) is 4.31 Å². The maximum Gasteiger partial charge on any atom is 0.342 e. The Hall–Kier alpha value is -3.31. The molecule has 162 valence electrons. The zero-order valence-corrected chi connectivity index (χ0v) is 17.6. The highest BCUT2D eigenvalue weighted by molar-refractivity contribution is 7.89. The summed E-state index contributed by atoms with van der Waals surface area (Å²) < 4.78 is 40.6. The number of nitrogens with one attached hydrogen (secondary N) is 1. The number of hydrogen-bond donors (Lipinski definition) is 2. The highest BCUT2D eigenvalue weighted by atomic mass is 32.2. The number of ether oxygens (including phenoxy) is 3. The second kappa shape index (κ2) is 9.46. The summed E-state index contributed by atoms with van der Waals surface area (Å²) in [5, 5.41) is 12.3. The molecule has 0 saturated carbocycles. The minimum absolute atomic E-state index is 0.0521. The van der Waals surface area contributed by atoms with Gasteiger partial charge in [0.15, 0.2) is 6.61 Å². The van der Waals surface area contributed by atoms with Crippen molar-refractivity contribution in [2.75, 3.05) is 40.2 Å². The molecule has 0 spiro atoms. The van der Waals surface area contributed by atoms with E-state index in [-0.39, 0.29) is 27.6 Å². The third-order valence-corrected chi connectivity index (χ3v) is 5.79. The van der Waals surface area contributed by atoms with Crippen LogP contribution >= 0.6 is 0 Å². The van der Waals surface area contributed by atoms with Crippen LogP contribution in [0.25, 0.3) is 0 Å². The van der Waals surface area contributed by atoms with Gasteiger partial charge in [-0.1, -0.05) is 0 Å². The molecule has 2 aromatic rings. The van der Waals surface area contributed by atoms with Gasteiger partial charge in [0, 0.05) is 20.2 Å². The van der Waals surface area contributed by atoms with E-state index in [1.807, 2.05) is 0 Å². The van der Waals surface area contributed by atoms with Crippen molar-refractivity contribution in [3.63, 3.8) is 0 Å². The van der Waals surface area contributed by atoms with Crippen LogP contribution in [0.2, 0.25) is 0 Å². The van der Waals surface area contributed by atoms with Gasteiger partial charge in [-0.3, -0.25) is 4.79 Å². The number of methoxy groups -OCH3 is 2. The number of carbonyl (C=O) groups is 2. The molecule has 0 bridgehead atoms. The lowest BCUT2D eigenvalue weighted by molar-refractivity contribution is -0.119. The SMILES string of the molecule is COc1ccc(C(=O)OCC(=O)Nc2cc(S(=O)(=O)N(C)C)ccc2OC)c(O)c1. The van der Waals surface area contributed by atoms with Crippen molar-refractivity contribution in [2.45, 2.75) is 4.90 Å². The van der Waals surface area contributed by atoms with Gasteiger partial charge in [-0.25, -0.2) is 17.5 Å². The molecular formula is C19H22N2O8S. The van der Waals surface area contributed by atoms with E-state index < -0.39 is 28.5 Å². The summed E-state index contributed by atoms with van der Waals surface area (Å²) in [6, 6.07) is 7.97. The fourth-order valence-corrected chi connectivity index (χ4v) is 3.29. The molecule has 0 aliphatic carbocycles. The molecule has 0 aliphatic heterocycles. The molecule has 11 heteroatoms. The van der Waals surface area contributed by atoms with E-state index in [9.17, 15) is 23.1 Å². The Kier molecular flexibility index (Phi) is 7.24. The maximum absolute atomic E-state index is 12.3. The number of sulfonamides is 1. The van der Waals surface area contributed by atoms with Crippen LogP contribution in [0.4, 0.5) is 5.69 Å². The highest BCUT2D eigenvalue weighted by Crippen LogP contribution is 2.28. The van der Waals surface area contributed by atoms with Crippen molar-refractivity contribution in [2.24, 2.45) is 0 Å². The van der Waals surface area contributed by atoms with Gasteiger partial charge < -0.3 is 24.6 Å². The third-order valence-electron chi connectivity index (χ3n) is 3.98. The Balaban J connectivity index is 2.11. The molecule has 0 fully saturated rings. The first kappa shape index (κ1) is 23.0. The molecule has 0 saturated heterocycles. The number of anilines is 1. The van der Waals surface area contributed by atoms with Gasteiger partial charge in [-0.05, 0) is 30.3 Å². The minimum atomic E-state index is -3.73. The number of phenolic OH excluding ortho intramolecular Hbond substituents is 1. The van der Waals surface area contributed by atoms with E-state index >= 15 is 0 Å². The predicted molar refractivity (Wildman–Crippen MR) is 107 cm³/mol.